The summed E-state index contributed by atoms with van der Waals surface area (Å²) in [4.78, 5) is 21.3. The van der Waals surface area contributed by atoms with Crippen molar-refractivity contribution >= 4 is 12.2 Å². The summed E-state index contributed by atoms with van der Waals surface area (Å²) in [7, 11) is 0. The fourth-order valence-electron chi connectivity index (χ4n) is 2.21. The summed E-state index contributed by atoms with van der Waals surface area (Å²) in [6, 6.07) is 0. The first-order valence-corrected chi connectivity index (χ1v) is 7.63. The van der Waals surface area contributed by atoms with Gasteiger partial charge in [0.15, 0.2) is 6.29 Å². The van der Waals surface area contributed by atoms with E-state index in [1.165, 1.54) is 0 Å². The van der Waals surface area contributed by atoms with Crippen molar-refractivity contribution in [2.24, 2.45) is 0 Å². The predicted octanol–water partition coefficient (Wildman–Crippen LogP) is -2.32. The van der Waals surface area contributed by atoms with Gasteiger partial charge in [0.1, 0.15) is 30.7 Å². The van der Waals surface area contributed by atoms with Crippen molar-refractivity contribution in [1.29, 1.82) is 0 Å². The fourth-order valence-corrected chi connectivity index (χ4v) is 2.21. The highest BCUT2D eigenvalue weighted by Crippen LogP contribution is 2.22. The molecule has 0 bridgehead atoms. The largest absolute Gasteiger partial charge is 0.394 e. The summed E-state index contributed by atoms with van der Waals surface area (Å²) in [6.07, 6.45) is -3.50. The molecule has 23 heavy (non-hydrogen) atoms. The van der Waals surface area contributed by atoms with E-state index in [9.17, 15) is 24.9 Å². The van der Waals surface area contributed by atoms with Crippen molar-refractivity contribution in [3.8, 4) is 0 Å². The van der Waals surface area contributed by atoms with Crippen LogP contribution in [0, 0.1) is 0 Å². The second-order valence-electron chi connectivity index (χ2n) is 5.35. The lowest BCUT2D eigenvalue weighted by Gasteiger charge is -2.39. The highest BCUT2D eigenvalue weighted by Gasteiger charge is 2.43. The van der Waals surface area contributed by atoms with E-state index < -0.39 is 37.3 Å². The van der Waals surface area contributed by atoms with Crippen LogP contribution in [0.4, 0.5) is 0 Å². The number of rotatable bonds is 10. The molecule has 5 atom stereocenters. The zero-order valence-electron chi connectivity index (χ0n) is 12.8. The Bertz CT molecular complexity index is 365. The van der Waals surface area contributed by atoms with Crippen molar-refractivity contribution in [2.45, 2.75) is 56.4 Å². The number of aliphatic hydroxyl groups excluding tert-OH is 4. The van der Waals surface area contributed by atoms with Crippen LogP contribution in [-0.2, 0) is 19.1 Å². The molecule has 0 aliphatic carbocycles. The summed E-state index contributed by atoms with van der Waals surface area (Å²) in [6.45, 7) is -0.252. The topological polar surface area (TPSA) is 146 Å². The molecule has 0 spiro atoms. The number of nitrogens with one attached hydrogen (secondary N) is 1. The standard InChI is InChI=1S/C14H25NO8/c16-6-5-15-10(18)4-2-1-3-7-22-14-13(21)12(20)11(19)9(8-17)23-14/h6,9,11-14,17,19-21H,1-5,7-8H2,(H,15,18)/t9-,11-,12+,13-,14-/m1/s1. The molecule has 0 aromatic rings. The average Bonchev–Trinajstić information content (AvgIpc) is 2.55. The average molecular weight is 335 g/mol. The Kier molecular flexibility index (Phi) is 9.22. The molecule has 0 saturated carbocycles. The Morgan fingerprint density at radius 1 is 1.13 bits per heavy atom. The van der Waals surface area contributed by atoms with Gasteiger partial charge in [0.2, 0.25) is 5.91 Å². The van der Waals surface area contributed by atoms with E-state index in [-0.39, 0.29) is 19.1 Å². The Hall–Kier alpha value is -1.10. The molecule has 0 radical (unpaired) electrons. The quantitative estimate of drug-likeness (QED) is 0.221. The lowest BCUT2D eigenvalue weighted by molar-refractivity contribution is -0.301. The van der Waals surface area contributed by atoms with Crippen LogP contribution in [0.1, 0.15) is 25.7 Å². The number of ether oxygens (including phenoxy) is 2. The lowest BCUT2D eigenvalue weighted by Crippen LogP contribution is -2.59. The molecule has 1 amide bonds. The summed E-state index contributed by atoms with van der Waals surface area (Å²) in [5, 5.41) is 40.5. The number of aliphatic hydroxyl groups is 4. The number of hydrogen-bond donors (Lipinski definition) is 5. The Morgan fingerprint density at radius 2 is 1.87 bits per heavy atom. The maximum absolute atomic E-state index is 11.2. The van der Waals surface area contributed by atoms with Crippen molar-refractivity contribution in [2.75, 3.05) is 19.8 Å². The van der Waals surface area contributed by atoms with Gasteiger partial charge in [-0.3, -0.25) is 4.79 Å². The molecular formula is C14H25NO8. The first-order valence-electron chi connectivity index (χ1n) is 7.63. The summed E-state index contributed by atoms with van der Waals surface area (Å²) >= 11 is 0. The minimum absolute atomic E-state index is 0.0129. The highest BCUT2D eigenvalue weighted by atomic mass is 16.7. The lowest BCUT2D eigenvalue weighted by atomic mass is 9.99. The molecule has 5 N–H and O–H groups in total. The van der Waals surface area contributed by atoms with Gasteiger partial charge in [-0.15, -0.1) is 0 Å². The molecule has 1 saturated heterocycles. The number of carbonyl (C=O) groups excluding carboxylic acids is 2. The van der Waals surface area contributed by atoms with Crippen molar-refractivity contribution in [3.63, 3.8) is 0 Å². The normalized spacial score (nSPS) is 30.9. The summed E-state index contributed by atoms with van der Waals surface area (Å²) in [5.74, 6) is -0.188. The molecule has 0 unspecified atom stereocenters. The van der Waals surface area contributed by atoms with E-state index >= 15 is 0 Å². The van der Waals surface area contributed by atoms with Gasteiger partial charge >= 0.3 is 0 Å². The Morgan fingerprint density at radius 3 is 2.52 bits per heavy atom. The van der Waals surface area contributed by atoms with Crippen LogP contribution in [0.5, 0.6) is 0 Å². The molecule has 0 aromatic heterocycles. The van der Waals surface area contributed by atoms with Crippen LogP contribution in [0.3, 0.4) is 0 Å². The van der Waals surface area contributed by atoms with E-state index in [1.807, 2.05) is 0 Å². The second-order valence-corrected chi connectivity index (χ2v) is 5.35. The molecule has 9 heteroatoms. The zero-order valence-corrected chi connectivity index (χ0v) is 12.8. The van der Waals surface area contributed by atoms with E-state index in [2.05, 4.69) is 5.32 Å². The Balaban J connectivity index is 2.17. The van der Waals surface area contributed by atoms with E-state index in [1.54, 1.807) is 0 Å². The number of amides is 1. The summed E-state index contributed by atoms with van der Waals surface area (Å²) < 4.78 is 10.5. The second kappa shape index (κ2) is 10.6. The van der Waals surface area contributed by atoms with Crippen LogP contribution in [0.15, 0.2) is 0 Å². The minimum atomic E-state index is -1.45. The molecule has 134 valence electrons. The fraction of sp³-hybridized carbons (Fsp3) is 0.857. The third-order valence-electron chi connectivity index (χ3n) is 3.56. The monoisotopic (exact) mass is 335 g/mol. The molecule has 1 aliphatic rings. The van der Waals surface area contributed by atoms with Crippen LogP contribution in [0.2, 0.25) is 0 Å². The van der Waals surface area contributed by atoms with Crippen LogP contribution in [0.25, 0.3) is 0 Å². The van der Waals surface area contributed by atoms with Crippen LogP contribution < -0.4 is 5.32 Å². The van der Waals surface area contributed by atoms with Gasteiger partial charge in [-0.2, -0.15) is 0 Å². The van der Waals surface area contributed by atoms with Gasteiger partial charge in [0.05, 0.1) is 13.2 Å². The maximum atomic E-state index is 11.2. The van der Waals surface area contributed by atoms with Gasteiger partial charge in [0.25, 0.3) is 0 Å². The Labute approximate surface area is 134 Å². The predicted molar refractivity (Wildman–Crippen MR) is 77.3 cm³/mol. The van der Waals surface area contributed by atoms with E-state index in [0.29, 0.717) is 32.0 Å². The van der Waals surface area contributed by atoms with Crippen molar-refractivity contribution in [1.82, 2.24) is 5.32 Å². The van der Waals surface area contributed by atoms with Crippen molar-refractivity contribution in [3.05, 3.63) is 0 Å². The molecule has 1 rings (SSSR count). The minimum Gasteiger partial charge on any atom is -0.394 e. The van der Waals surface area contributed by atoms with Crippen molar-refractivity contribution < 1.29 is 39.5 Å². The highest BCUT2D eigenvalue weighted by molar-refractivity contribution is 5.78. The maximum Gasteiger partial charge on any atom is 0.220 e. The van der Waals surface area contributed by atoms with Crippen LogP contribution in [-0.4, -0.2) is 83.1 Å². The first-order chi connectivity index (χ1) is 11.0. The number of carbonyl (C=O) groups is 2. The van der Waals surface area contributed by atoms with Gasteiger partial charge in [0, 0.05) is 13.0 Å². The molecule has 9 nitrogen and oxygen atoms in total. The molecule has 1 heterocycles. The van der Waals surface area contributed by atoms with E-state index in [4.69, 9.17) is 14.6 Å². The number of hydrogen-bond acceptors (Lipinski definition) is 8. The third-order valence-corrected chi connectivity index (χ3v) is 3.56. The summed E-state index contributed by atoms with van der Waals surface area (Å²) in [5.41, 5.74) is 0. The third kappa shape index (κ3) is 6.50. The van der Waals surface area contributed by atoms with Gasteiger partial charge < -0.3 is 40.0 Å². The number of aldehydes is 1. The molecule has 0 aromatic carbocycles. The molecular weight excluding hydrogens is 310 g/mol. The first kappa shape index (κ1) is 19.9. The zero-order chi connectivity index (χ0) is 17.2. The molecule has 1 aliphatic heterocycles. The molecule has 1 fully saturated rings. The van der Waals surface area contributed by atoms with Gasteiger partial charge in [-0.25, -0.2) is 0 Å². The van der Waals surface area contributed by atoms with Crippen LogP contribution >= 0.6 is 0 Å². The van der Waals surface area contributed by atoms with Gasteiger partial charge in [-0.05, 0) is 12.8 Å². The number of unbranched alkanes of at least 4 members (excludes halogenated alkanes) is 2. The van der Waals surface area contributed by atoms with E-state index in [0.717, 1.165) is 0 Å². The SMILES string of the molecule is O=CCNC(=O)CCCCCO[C@@H]1O[C@H](CO)[C@@H](O)[C@H](O)[C@H]1O. The smallest absolute Gasteiger partial charge is 0.220 e. The van der Waals surface area contributed by atoms with Gasteiger partial charge in [-0.1, -0.05) is 6.42 Å².